The van der Waals surface area contributed by atoms with Gasteiger partial charge in [-0.15, -0.1) is 0 Å². The van der Waals surface area contributed by atoms with Crippen molar-refractivity contribution in [2.45, 2.75) is 26.4 Å². The number of ether oxygens (including phenoxy) is 1. The molecule has 24 heavy (non-hydrogen) atoms. The van der Waals surface area contributed by atoms with E-state index in [0.29, 0.717) is 19.7 Å². The summed E-state index contributed by atoms with van der Waals surface area (Å²) in [6, 6.07) is 17.7. The van der Waals surface area contributed by atoms with E-state index >= 15 is 0 Å². The van der Waals surface area contributed by atoms with Crippen molar-refractivity contribution in [3.8, 4) is 5.75 Å². The van der Waals surface area contributed by atoms with E-state index in [4.69, 9.17) is 4.74 Å². The van der Waals surface area contributed by atoms with Crippen LogP contribution in [0.1, 0.15) is 19.4 Å². The molecule has 128 valence electrons. The molecule has 2 rings (SSSR count). The summed E-state index contributed by atoms with van der Waals surface area (Å²) in [5.41, 5.74) is 1.12. The smallest absolute Gasteiger partial charge is 0.318 e. The number of rotatable bonds is 7. The number of benzene rings is 2. The van der Waals surface area contributed by atoms with Crippen LogP contribution < -0.4 is 10.1 Å². The van der Waals surface area contributed by atoms with Gasteiger partial charge in [0, 0.05) is 17.1 Å². The number of urea groups is 1. The molecule has 2 aromatic rings. The molecule has 5 heteroatoms. The number of halogens is 1. The first-order chi connectivity index (χ1) is 11.6. The fraction of sp³-hybridized carbons (Fsp3) is 0.316. The van der Waals surface area contributed by atoms with Crippen LogP contribution in [0.3, 0.4) is 0 Å². The lowest BCUT2D eigenvalue weighted by molar-refractivity contribution is 0.177. The number of nitrogens with zero attached hydrogens (tertiary/aromatic N) is 1. The molecular weight excluding hydrogens is 368 g/mol. The molecule has 4 nitrogen and oxygen atoms in total. The fourth-order valence-corrected chi connectivity index (χ4v) is 2.49. The Bertz CT molecular complexity index is 630. The lowest BCUT2D eigenvalue weighted by atomic mass is 10.2. The van der Waals surface area contributed by atoms with E-state index < -0.39 is 0 Å². The topological polar surface area (TPSA) is 41.6 Å². The molecule has 0 unspecified atom stereocenters. The maximum absolute atomic E-state index is 12.4. The molecule has 0 radical (unpaired) electrons. The Hall–Kier alpha value is -2.01. The van der Waals surface area contributed by atoms with Gasteiger partial charge in [0.05, 0.1) is 6.54 Å². The zero-order chi connectivity index (χ0) is 17.4. The van der Waals surface area contributed by atoms with Crippen LogP contribution in [0.2, 0.25) is 0 Å². The highest BCUT2D eigenvalue weighted by atomic mass is 79.9. The molecular formula is C19H23BrN2O2. The maximum Gasteiger partial charge on any atom is 0.318 e. The highest BCUT2D eigenvalue weighted by molar-refractivity contribution is 9.10. The van der Waals surface area contributed by atoms with Crippen LogP contribution in [-0.4, -0.2) is 30.1 Å². The summed E-state index contributed by atoms with van der Waals surface area (Å²) in [4.78, 5) is 14.2. The molecule has 0 saturated heterocycles. The lowest BCUT2D eigenvalue weighted by Crippen LogP contribution is -2.44. The first-order valence-electron chi connectivity index (χ1n) is 8.03. The minimum atomic E-state index is -0.0757. The second-order valence-corrected chi connectivity index (χ2v) is 6.66. The quantitative estimate of drug-likeness (QED) is 0.709. The number of carbonyl (C=O) groups excluding carboxylic acids is 1. The van der Waals surface area contributed by atoms with Gasteiger partial charge in [-0.25, -0.2) is 4.79 Å². The average Bonchev–Trinajstić information content (AvgIpc) is 2.58. The van der Waals surface area contributed by atoms with Crippen molar-refractivity contribution in [2.75, 3.05) is 13.2 Å². The maximum atomic E-state index is 12.4. The molecule has 0 fully saturated rings. The van der Waals surface area contributed by atoms with Gasteiger partial charge in [-0.3, -0.25) is 0 Å². The van der Waals surface area contributed by atoms with Crippen molar-refractivity contribution < 1.29 is 9.53 Å². The van der Waals surface area contributed by atoms with Crippen molar-refractivity contribution in [3.63, 3.8) is 0 Å². The van der Waals surface area contributed by atoms with Crippen LogP contribution >= 0.6 is 15.9 Å². The summed E-state index contributed by atoms with van der Waals surface area (Å²) in [7, 11) is 0. The third kappa shape index (κ3) is 5.89. The second-order valence-electron chi connectivity index (χ2n) is 5.74. The first-order valence-corrected chi connectivity index (χ1v) is 8.82. The second kappa shape index (κ2) is 9.33. The molecule has 0 aliphatic rings. The van der Waals surface area contributed by atoms with Crippen LogP contribution in [-0.2, 0) is 6.54 Å². The Morgan fingerprint density at radius 3 is 2.42 bits per heavy atom. The third-order valence-electron chi connectivity index (χ3n) is 3.54. The van der Waals surface area contributed by atoms with Gasteiger partial charge in [0.15, 0.2) is 0 Å². The number of carbonyl (C=O) groups is 1. The molecule has 0 atom stereocenters. The lowest BCUT2D eigenvalue weighted by Gasteiger charge is -2.27. The van der Waals surface area contributed by atoms with Crippen LogP contribution in [0.25, 0.3) is 0 Å². The predicted octanol–water partition coefficient (Wildman–Crippen LogP) is 4.45. The monoisotopic (exact) mass is 390 g/mol. The van der Waals surface area contributed by atoms with Gasteiger partial charge >= 0.3 is 6.03 Å². The van der Waals surface area contributed by atoms with E-state index in [1.54, 1.807) is 0 Å². The Kier molecular flexibility index (Phi) is 7.12. The largest absolute Gasteiger partial charge is 0.492 e. The highest BCUT2D eigenvalue weighted by Gasteiger charge is 2.16. The van der Waals surface area contributed by atoms with E-state index in [1.807, 2.05) is 73.3 Å². The summed E-state index contributed by atoms with van der Waals surface area (Å²) in [5.74, 6) is 0.789. The standard InChI is InChI=1S/C19H23BrN2O2/c1-15(2)22(14-16-6-4-3-5-7-16)19(23)21-12-13-24-18-10-8-17(20)9-11-18/h3-11,15H,12-14H2,1-2H3,(H,21,23). The Balaban J connectivity index is 1.79. The molecule has 0 saturated carbocycles. The Labute approximate surface area is 151 Å². The SMILES string of the molecule is CC(C)N(Cc1ccccc1)C(=O)NCCOc1ccc(Br)cc1. The molecule has 0 aliphatic heterocycles. The number of nitrogens with one attached hydrogen (secondary N) is 1. The fourth-order valence-electron chi connectivity index (χ4n) is 2.23. The van der Waals surface area contributed by atoms with Gasteiger partial charge in [-0.1, -0.05) is 46.3 Å². The molecule has 0 aliphatic carbocycles. The summed E-state index contributed by atoms with van der Waals surface area (Å²) in [6.45, 7) is 5.52. The van der Waals surface area contributed by atoms with Gasteiger partial charge in [0.2, 0.25) is 0 Å². The van der Waals surface area contributed by atoms with Crippen molar-refractivity contribution in [2.24, 2.45) is 0 Å². The predicted molar refractivity (Wildman–Crippen MR) is 100 cm³/mol. The number of amides is 2. The molecule has 2 amide bonds. The number of hydrogen-bond acceptors (Lipinski definition) is 2. The molecule has 0 heterocycles. The number of hydrogen-bond donors (Lipinski definition) is 1. The normalized spacial score (nSPS) is 10.5. The molecule has 0 bridgehead atoms. The third-order valence-corrected chi connectivity index (χ3v) is 4.07. The zero-order valence-electron chi connectivity index (χ0n) is 14.0. The Morgan fingerprint density at radius 2 is 1.79 bits per heavy atom. The van der Waals surface area contributed by atoms with Gasteiger partial charge in [-0.2, -0.15) is 0 Å². The molecule has 2 aromatic carbocycles. The zero-order valence-corrected chi connectivity index (χ0v) is 15.6. The minimum absolute atomic E-state index is 0.0757. The van der Waals surface area contributed by atoms with Crippen molar-refractivity contribution in [3.05, 3.63) is 64.6 Å². The molecule has 1 N–H and O–H groups in total. The summed E-state index contributed by atoms with van der Waals surface area (Å²) >= 11 is 3.38. The minimum Gasteiger partial charge on any atom is -0.492 e. The summed E-state index contributed by atoms with van der Waals surface area (Å²) in [5, 5.41) is 2.92. The van der Waals surface area contributed by atoms with E-state index in [-0.39, 0.29) is 12.1 Å². The molecule has 0 aromatic heterocycles. The van der Waals surface area contributed by atoms with E-state index in [0.717, 1.165) is 15.8 Å². The summed E-state index contributed by atoms with van der Waals surface area (Å²) < 4.78 is 6.63. The Morgan fingerprint density at radius 1 is 1.12 bits per heavy atom. The molecule has 0 spiro atoms. The van der Waals surface area contributed by atoms with Crippen molar-refractivity contribution in [1.29, 1.82) is 0 Å². The van der Waals surface area contributed by atoms with Gasteiger partial charge in [0.25, 0.3) is 0 Å². The van der Waals surface area contributed by atoms with Crippen molar-refractivity contribution >= 4 is 22.0 Å². The summed E-state index contributed by atoms with van der Waals surface area (Å²) in [6.07, 6.45) is 0. The van der Waals surface area contributed by atoms with E-state index in [9.17, 15) is 4.79 Å². The van der Waals surface area contributed by atoms with Crippen LogP contribution in [0.5, 0.6) is 5.75 Å². The van der Waals surface area contributed by atoms with Crippen LogP contribution in [0.15, 0.2) is 59.1 Å². The van der Waals surface area contributed by atoms with E-state index in [2.05, 4.69) is 21.2 Å². The van der Waals surface area contributed by atoms with Gasteiger partial charge in [0.1, 0.15) is 12.4 Å². The van der Waals surface area contributed by atoms with E-state index in [1.165, 1.54) is 0 Å². The first kappa shape index (κ1) is 18.3. The highest BCUT2D eigenvalue weighted by Crippen LogP contribution is 2.15. The van der Waals surface area contributed by atoms with Gasteiger partial charge in [-0.05, 0) is 43.7 Å². The van der Waals surface area contributed by atoms with Gasteiger partial charge < -0.3 is 15.0 Å². The van der Waals surface area contributed by atoms with Crippen molar-refractivity contribution in [1.82, 2.24) is 10.2 Å². The average molecular weight is 391 g/mol. The van der Waals surface area contributed by atoms with Crippen LogP contribution in [0, 0.1) is 0 Å². The van der Waals surface area contributed by atoms with Crippen LogP contribution in [0.4, 0.5) is 4.79 Å².